The van der Waals surface area contributed by atoms with Crippen LogP contribution in [0.3, 0.4) is 0 Å². The molecule has 1 aliphatic heterocycles. The first kappa shape index (κ1) is 20.8. The van der Waals surface area contributed by atoms with Crippen molar-refractivity contribution in [1.29, 1.82) is 0 Å². The Morgan fingerprint density at radius 3 is 2.39 bits per heavy atom. The van der Waals surface area contributed by atoms with E-state index >= 15 is 0 Å². The van der Waals surface area contributed by atoms with Crippen LogP contribution in [0.4, 0.5) is 5.82 Å². The molecule has 0 bridgehead atoms. The van der Waals surface area contributed by atoms with Crippen molar-refractivity contribution in [3.8, 4) is 0 Å². The Balaban J connectivity index is 0.00000225. The van der Waals surface area contributed by atoms with Crippen LogP contribution >= 0.6 is 24.0 Å². The summed E-state index contributed by atoms with van der Waals surface area (Å²) in [5.41, 5.74) is 0. The molecule has 0 amide bonds. The molecule has 1 fully saturated rings. The highest BCUT2D eigenvalue weighted by Gasteiger charge is 2.28. The van der Waals surface area contributed by atoms with E-state index in [0.29, 0.717) is 16.3 Å². The van der Waals surface area contributed by atoms with E-state index in [9.17, 15) is 8.42 Å². The van der Waals surface area contributed by atoms with Gasteiger partial charge in [0.25, 0.3) is 0 Å². The van der Waals surface area contributed by atoms with Crippen LogP contribution in [0.2, 0.25) is 5.02 Å². The van der Waals surface area contributed by atoms with Gasteiger partial charge in [-0.25, -0.2) is 8.42 Å². The first-order chi connectivity index (χ1) is 13.0. The molecule has 148 valence electrons. The van der Waals surface area contributed by atoms with E-state index in [1.165, 1.54) is 12.1 Å². The molecule has 2 heterocycles. The molecule has 1 unspecified atom stereocenters. The number of anilines is 1. The quantitative estimate of drug-likeness (QED) is 0.587. The summed E-state index contributed by atoms with van der Waals surface area (Å²) >= 11 is 5.89. The first-order valence-corrected chi connectivity index (χ1v) is 10.9. The zero-order valence-corrected chi connectivity index (χ0v) is 17.8. The fourth-order valence-electron chi connectivity index (χ4n) is 3.58. The molecule has 0 radical (unpaired) electrons. The van der Waals surface area contributed by atoms with E-state index in [1.54, 1.807) is 18.2 Å². The Kier molecular flexibility index (Phi) is 6.12. The SMILES string of the molecule is CCC1CCN(c2nnc(S(=O)(=O)c3ccc(Cl)cc3)c3ccccc23)C1.Cl. The van der Waals surface area contributed by atoms with Crippen molar-refractivity contribution in [2.75, 3.05) is 18.0 Å². The molecule has 0 aliphatic carbocycles. The van der Waals surface area contributed by atoms with Gasteiger partial charge in [0.1, 0.15) is 0 Å². The second-order valence-electron chi connectivity index (χ2n) is 6.84. The molecule has 0 saturated carbocycles. The predicted molar refractivity (Wildman–Crippen MR) is 114 cm³/mol. The second kappa shape index (κ2) is 8.23. The van der Waals surface area contributed by atoms with E-state index in [-0.39, 0.29) is 22.3 Å². The topological polar surface area (TPSA) is 63.2 Å². The van der Waals surface area contributed by atoms with Gasteiger partial charge < -0.3 is 4.90 Å². The van der Waals surface area contributed by atoms with Crippen LogP contribution in [0.15, 0.2) is 58.5 Å². The van der Waals surface area contributed by atoms with Crippen LogP contribution in [0.25, 0.3) is 10.8 Å². The standard InChI is InChI=1S/C20H20ClN3O2S.ClH/c1-2-14-11-12-24(13-14)19-17-5-3-4-6-18(17)20(23-22-19)27(25,26)16-9-7-15(21)8-10-16;/h3-10,14H,2,11-13H2,1H3;1H. The maximum Gasteiger partial charge on any atom is 0.226 e. The van der Waals surface area contributed by atoms with Crippen molar-refractivity contribution in [2.24, 2.45) is 5.92 Å². The van der Waals surface area contributed by atoms with Crippen molar-refractivity contribution in [3.05, 3.63) is 53.6 Å². The van der Waals surface area contributed by atoms with E-state index in [1.807, 2.05) is 18.2 Å². The van der Waals surface area contributed by atoms with E-state index in [4.69, 9.17) is 11.6 Å². The lowest BCUT2D eigenvalue weighted by atomic mass is 10.1. The number of hydrogen-bond donors (Lipinski definition) is 0. The van der Waals surface area contributed by atoms with Gasteiger partial charge in [0.2, 0.25) is 9.84 Å². The molecule has 1 saturated heterocycles. The van der Waals surface area contributed by atoms with Gasteiger partial charge in [-0.05, 0) is 36.6 Å². The molecule has 3 aromatic rings. The van der Waals surface area contributed by atoms with E-state index < -0.39 is 9.84 Å². The summed E-state index contributed by atoms with van der Waals surface area (Å²) < 4.78 is 26.3. The Labute approximate surface area is 176 Å². The average molecular weight is 438 g/mol. The number of hydrogen-bond acceptors (Lipinski definition) is 5. The lowest BCUT2D eigenvalue weighted by molar-refractivity contribution is 0.568. The first-order valence-electron chi connectivity index (χ1n) is 9.01. The summed E-state index contributed by atoms with van der Waals surface area (Å²) in [5.74, 6) is 1.40. The third kappa shape index (κ3) is 3.69. The van der Waals surface area contributed by atoms with Gasteiger partial charge in [-0.3, -0.25) is 0 Å². The van der Waals surface area contributed by atoms with Crippen molar-refractivity contribution in [3.63, 3.8) is 0 Å². The largest absolute Gasteiger partial charge is 0.354 e. The minimum atomic E-state index is -3.79. The van der Waals surface area contributed by atoms with Gasteiger partial charge in [0.05, 0.1) is 4.90 Å². The molecular formula is C20H21Cl2N3O2S. The fourth-order valence-corrected chi connectivity index (χ4v) is 5.04. The minimum absolute atomic E-state index is 0. The highest BCUT2D eigenvalue weighted by Crippen LogP contribution is 2.33. The molecule has 4 rings (SSSR count). The summed E-state index contributed by atoms with van der Waals surface area (Å²) in [5, 5.41) is 10.4. The summed E-state index contributed by atoms with van der Waals surface area (Å²) in [4.78, 5) is 2.37. The van der Waals surface area contributed by atoms with Gasteiger partial charge in [-0.1, -0.05) is 49.2 Å². The summed E-state index contributed by atoms with van der Waals surface area (Å²) in [6.07, 6.45) is 2.25. The lowest BCUT2D eigenvalue weighted by Crippen LogP contribution is -2.22. The molecule has 0 N–H and O–H groups in total. The third-order valence-corrected chi connectivity index (χ3v) is 7.13. The van der Waals surface area contributed by atoms with Gasteiger partial charge in [-0.15, -0.1) is 22.6 Å². The molecule has 1 atom stereocenters. The predicted octanol–water partition coefficient (Wildman–Crippen LogP) is 4.77. The molecule has 28 heavy (non-hydrogen) atoms. The number of halogens is 2. The Hall–Kier alpha value is -1.89. The summed E-state index contributed by atoms with van der Waals surface area (Å²) in [6.45, 7) is 4.04. The molecule has 1 aromatic heterocycles. The molecule has 2 aromatic carbocycles. The van der Waals surface area contributed by atoms with Crippen LogP contribution in [0.1, 0.15) is 19.8 Å². The van der Waals surface area contributed by atoms with Gasteiger partial charge >= 0.3 is 0 Å². The lowest BCUT2D eigenvalue weighted by Gasteiger charge is -2.19. The van der Waals surface area contributed by atoms with Crippen LogP contribution in [0.5, 0.6) is 0 Å². The zero-order chi connectivity index (χ0) is 19.0. The Bertz CT molecular complexity index is 1090. The van der Waals surface area contributed by atoms with Crippen molar-refractivity contribution in [1.82, 2.24) is 10.2 Å². The maximum absolute atomic E-state index is 13.1. The van der Waals surface area contributed by atoms with Crippen LogP contribution in [0, 0.1) is 5.92 Å². The molecule has 5 nitrogen and oxygen atoms in total. The van der Waals surface area contributed by atoms with Gasteiger partial charge in [0.15, 0.2) is 10.8 Å². The Morgan fingerprint density at radius 1 is 1.07 bits per heavy atom. The number of fused-ring (bicyclic) bond motifs is 1. The maximum atomic E-state index is 13.1. The third-order valence-electron chi connectivity index (χ3n) is 5.18. The molecule has 8 heteroatoms. The van der Waals surface area contributed by atoms with Gasteiger partial charge in [0, 0.05) is 28.9 Å². The highest BCUT2D eigenvalue weighted by atomic mass is 35.5. The molecular weight excluding hydrogens is 417 g/mol. The van der Waals surface area contributed by atoms with Crippen molar-refractivity contribution >= 4 is 50.4 Å². The zero-order valence-electron chi connectivity index (χ0n) is 15.4. The number of nitrogens with zero attached hydrogens (tertiary/aromatic N) is 3. The average Bonchev–Trinajstić information content (AvgIpc) is 3.16. The molecule has 1 aliphatic rings. The fraction of sp³-hybridized carbons (Fsp3) is 0.300. The number of aromatic nitrogens is 2. The summed E-state index contributed by atoms with van der Waals surface area (Å²) in [7, 11) is -3.79. The van der Waals surface area contributed by atoms with E-state index in [0.717, 1.165) is 37.1 Å². The monoisotopic (exact) mass is 437 g/mol. The van der Waals surface area contributed by atoms with E-state index in [2.05, 4.69) is 22.0 Å². The van der Waals surface area contributed by atoms with Gasteiger partial charge in [-0.2, -0.15) is 0 Å². The normalized spacial score (nSPS) is 16.9. The smallest absolute Gasteiger partial charge is 0.226 e. The number of benzene rings is 2. The Morgan fingerprint density at radius 2 is 1.75 bits per heavy atom. The number of sulfone groups is 1. The van der Waals surface area contributed by atoms with Crippen molar-refractivity contribution in [2.45, 2.75) is 29.7 Å². The number of rotatable bonds is 4. The second-order valence-corrected chi connectivity index (χ2v) is 9.14. The van der Waals surface area contributed by atoms with Crippen molar-refractivity contribution < 1.29 is 8.42 Å². The van der Waals surface area contributed by atoms with Crippen LogP contribution in [-0.2, 0) is 9.84 Å². The van der Waals surface area contributed by atoms with Crippen LogP contribution in [-0.4, -0.2) is 31.7 Å². The summed E-state index contributed by atoms with van der Waals surface area (Å²) in [6, 6.07) is 13.6. The highest BCUT2D eigenvalue weighted by molar-refractivity contribution is 7.91. The minimum Gasteiger partial charge on any atom is -0.354 e. The van der Waals surface area contributed by atoms with Crippen LogP contribution < -0.4 is 4.90 Å². The molecule has 0 spiro atoms.